The van der Waals surface area contributed by atoms with E-state index in [0.29, 0.717) is 28.2 Å². The fourth-order valence-corrected chi connectivity index (χ4v) is 2.56. The highest BCUT2D eigenvalue weighted by molar-refractivity contribution is 9.10. The van der Waals surface area contributed by atoms with Gasteiger partial charge in [-0.3, -0.25) is 9.48 Å². The summed E-state index contributed by atoms with van der Waals surface area (Å²) < 4.78 is 20.8. The van der Waals surface area contributed by atoms with Crippen LogP contribution >= 0.6 is 15.9 Å². The predicted octanol–water partition coefficient (Wildman–Crippen LogP) is 4.15. The summed E-state index contributed by atoms with van der Waals surface area (Å²) in [6.07, 6.45) is 1.49. The SMILES string of the molecule is Cn1ncc(C(=O)Nc2cccc(OCc3ccc(F)cc3)c2)c1Br. The first-order valence-electron chi connectivity index (χ1n) is 7.49. The van der Waals surface area contributed by atoms with Crippen LogP contribution in [0.4, 0.5) is 10.1 Å². The van der Waals surface area contributed by atoms with Gasteiger partial charge in [0.05, 0.1) is 11.8 Å². The molecule has 128 valence electrons. The zero-order valence-corrected chi connectivity index (χ0v) is 15.0. The summed E-state index contributed by atoms with van der Waals surface area (Å²) in [5.74, 6) is 0.0538. The van der Waals surface area contributed by atoms with Gasteiger partial charge in [-0.05, 0) is 45.8 Å². The van der Waals surface area contributed by atoms with Crippen LogP contribution in [0, 0.1) is 5.82 Å². The van der Waals surface area contributed by atoms with E-state index in [2.05, 4.69) is 26.3 Å². The van der Waals surface area contributed by atoms with E-state index < -0.39 is 0 Å². The Hall–Kier alpha value is -2.67. The number of hydrogen-bond acceptors (Lipinski definition) is 3. The Morgan fingerprint density at radius 3 is 2.72 bits per heavy atom. The Bertz CT molecular complexity index is 894. The van der Waals surface area contributed by atoms with Gasteiger partial charge in [-0.25, -0.2) is 4.39 Å². The van der Waals surface area contributed by atoms with Crippen LogP contribution in [0.2, 0.25) is 0 Å². The Kier molecular flexibility index (Phi) is 5.14. The highest BCUT2D eigenvalue weighted by Crippen LogP contribution is 2.21. The van der Waals surface area contributed by atoms with Gasteiger partial charge < -0.3 is 10.1 Å². The smallest absolute Gasteiger partial charge is 0.260 e. The van der Waals surface area contributed by atoms with E-state index in [4.69, 9.17) is 4.74 Å². The number of rotatable bonds is 5. The molecule has 1 aromatic heterocycles. The van der Waals surface area contributed by atoms with Crippen LogP contribution in [0.15, 0.2) is 59.3 Å². The third-order valence-electron chi connectivity index (χ3n) is 3.52. The van der Waals surface area contributed by atoms with Crippen molar-refractivity contribution in [2.24, 2.45) is 7.05 Å². The number of ether oxygens (including phenoxy) is 1. The Balaban J connectivity index is 1.66. The van der Waals surface area contributed by atoms with Gasteiger partial charge >= 0.3 is 0 Å². The van der Waals surface area contributed by atoms with Gasteiger partial charge in [0, 0.05) is 18.8 Å². The molecule has 0 unspecified atom stereocenters. The first-order valence-corrected chi connectivity index (χ1v) is 8.28. The lowest BCUT2D eigenvalue weighted by Crippen LogP contribution is -2.12. The zero-order chi connectivity index (χ0) is 17.8. The molecule has 0 fully saturated rings. The van der Waals surface area contributed by atoms with Crippen molar-refractivity contribution in [2.75, 3.05) is 5.32 Å². The van der Waals surface area contributed by atoms with E-state index in [1.54, 1.807) is 48.1 Å². The summed E-state index contributed by atoms with van der Waals surface area (Å²) in [7, 11) is 1.74. The molecule has 0 spiro atoms. The Morgan fingerprint density at radius 1 is 1.28 bits per heavy atom. The number of benzene rings is 2. The van der Waals surface area contributed by atoms with Crippen LogP contribution in [-0.4, -0.2) is 15.7 Å². The lowest BCUT2D eigenvalue weighted by Gasteiger charge is -2.09. The number of anilines is 1. The van der Waals surface area contributed by atoms with Gasteiger partial charge in [0.2, 0.25) is 0 Å². The van der Waals surface area contributed by atoms with Crippen LogP contribution in [0.1, 0.15) is 15.9 Å². The molecule has 25 heavy (non-hydrogen) atoms. The van der Waals surface area contributed by atoms with Crippen molar-refractivity contribution in [3.05, 3.63) is 76.3 Å². The summed E-state index contributed by atoms with van der Waals surface area (Å²) in [5.41, 5.74) is 1.91. The Labute approximate surface area is 152 Å². The first kappa shape index (κ1) is 17.2. The number of halogens is 2. The average molecular weight is 404 g/mol. The molecule has 1 N–H and O–H groups in total. The molecule has 0 radical (unpaired) electrons. The van der Waals surface area contributed by atoms with Crippen molar-refractivity contribution in [3.8, 4) is 5.75 Å². The molecule has 0 bridgehead atoms. The maximum atomic E-state index is 12.9. The summed E-state index contributed by atoms with van der Waals surface area (Å²) >= 11 is 3.32. The van der Waals surface area contributed by atoms with Crippen LogP contribution in [0.5, 0.6) is 5.75 Å². The molecule has 0 aliphatic rings. The summed E-state index contributed by atoms with van der Waals surface area (Å²) in [6, 6.07) is 13.2. The minimum Gasteiger partial charge on any atom is -0.489 e. The quantitative estimate of drug-likeness (QED) is 0.695. The number of aryl methyl sites for hydroxylation is 1. The number of amides is 1. The number of carbonyl (C=O) groups is 1. The summed E-state index contributed by atoms with van der Waals surface area (Å²) in [4.78, 5) is 12.3. The van der Waals surface area contributed by atoms with Gasteiger partial charge in [0.15, 0.2) is 0 Å². The lowest BCUT2D eigenvalue weighted by atomic mass is 10.2. The van der Waals surface area contributed by atoms with Crippen molar-refractivity contribution in [1.82, 2.24) is 9.78 Å². The molecule has 0 saturated carbocycles. The van der Waals surface area contributed by atoms with E-state index in [-0.39, 0.29) is 11.7 Å². The number of aromatic nitrogens is 2. The number of hydrogen-bond donors (Lipinski definition) is 1. The molecule has 0 atom stereocenters. The minimum absolute atomic E-state index is 0.268. The molecule has 0 aliphatic carbocycles. The minimum atomic E-state index is -0.282. The fourth-order valence-electron chi connectivity index (χ4n) is 2.18. The summed E-state index contributed by atoms with van der Waals surface area (Å²) in [5, 5.41) is 6.83. The van der Waals surface area contributed by atoms with Crippen LogP contribution in [0.3, 0.4) is 0 Å². The molecule has 1 amide bonds. The van der Waals surface area contributed by atoms with Crippen LogP contribution < -0.4 is 10.1 Å². The molecule has 5 nitrogen and oxygen atoms in total. The second-order valence-corrected chi connectivity index (χ2v) is 6.12. The van der Waals surface area contributed by atoms with Crippen molar-refractivity contribution < 1.29 is 13.9 Å². The van der Waals surface area contributed by atoms with Crippen LogP contribution in [0.25, 0.3) is 0 Å². The lowest BCUT2D eigenvalue weighted by molar-refractivity contribution is 0.102. The fraction of sp³-hybridized carbons (Fsp3) is 0.111. The number of nitrogens with one attached hydrogen (secondary N) is 1. The zero-order valence-electron chi connectivity index (χ0n) is 13.4. The maximum absolute atomic E-state index is 12.9. The normalized spacial score (nSPS) is 10.5. The van der Waals surface area contributed by atoms with E-state index >= 15 is 0 Å². The topological polar surface area (TPSA) is 56.2 Å². The maximum Gasteiger partial charge on any atom is 0.260 e. The predicted molar refractivity (Wildman–Crippen MR) is 96.0 cm³/mol. The average Bonchev–Trinajstić information content (AvgIpc) is 2.94. The highest BCUT2D eigenvalue weighted by atomic mass is 79.9. The van der Waals surface area contributed by atoms with Gasteiger partial charge in [-0.15, -0.1) is 0 Å². The second-order valence-electron chi connectivity index (χ2n) is 5.37. The Morgan fingerprint density at radius 2 is 2.04 bits per heavy atom. The molecule has 2 aromatic carbocycles. The van der Waals surface area contributed by atoms with Crippen molar-refractivity contribution in [3.63, 3.8) is 0 Å². The molecule has 1 heterocycles. The monoisotopic (exact) mass is 403 g/mol. The first-order chi connectivity index (χ1) is 12.0. The van der Waals surface area contributed by atoms with Gasteiger partial charge in [-0.1, -0.05) is 18.2 Å². The molecule has 3 aromatic rings. The second kappa shape index (κ2) is 7.48. The molecule has 3 rings (SSSR count). The van der Waals surface area contributed by atoms with E-state index in [1.165, 1.54) is 18.3 Å². The molecular formula is C18H15BrFN3O2. The highest BCUT2D eigenvalue weighted by Gasteiger charge is 2.14. The van der Waals surface area contributed by atoms with E-state index in [1.807, 2.05) is 0 Å². The van der Waals surface area contributed by atoms with Gasteiger partial charge in [0.25, 0.3) is 5.91 Å². The standard InChI is InChI=1S/C18H15BrFN3O2/c1-23-17(19)16(10-21-23)18(24)22-14-3-2-4-15(9-14)25-11-12-5-7-13(20)8-6-12/h2-10H,11H2,1H3,(H,22,24). The largest absolute Gasteiger partial charge is 0.489 e. The molecule has 0 saturated heterocycles. The van der Waals surface area contributed by atoms with Gasteiger partial charge in [0.1, 0.15) is 22.8 Å². The van der Waals surface area contributed by atoms with Crippen molar-refractivity contribution in [1.29, 1.82) is 0 Å². The van der Waals surface area contributed by atoms with E-state index in [9.17, 15) is 9.18 Å². The van der Waals surface area contributed by atoms with Crippen molar-refractivity contribution >= 4 is 27.5 Å². The third-order valence-corrected chi connectivity index (χ3v) is 4.46. The molecular weight excluding hydrogens is 389 g/mol. The van der Waals surface area contributed by atoms with E-state index in [0.717, 1.165) is 5.56 Å². The third kappa shape index (κ3) is 4.24. The number of carbonyl (C=O) groups excluding carboxylic acids is 1. The molecule has 0 aliphatic heterocycles. The molecule has 7 heteroatoms. The summed E-state index contributed by atoms with van der Waals surface area (Å²) in [6.45, 7) is 0.311. The van der Waals surface area contributed by atoms with Gasteiger partial charge in [-0.2, -0.15) is 5.10 Å². The van der Waals surface area contributed by atoms with Crippen LogP contribution in [-0.2, 0) is 13.7 Å². The van der Waals surface area contributed by atoms with Crippen molar-refractivity contribution in [2.45, 2.75) is 6.61 Å². The number of nitrogens with zero attached hydrogens (tertiary/aromatic N) is 2.